The topological polar surface area (TPSA) is 19.6 Å². The zero-order valence-corrected chi connectivity index (χ0v) is 34.4. The van der Waals surface area contributed by atoms with Crippen LogP contribution in [0, 0.1) is 0 Å². The Morgan fingerprint density at radius 3 is 1.63 bits per heavy atom. The van der Waals surface area contributed by atoms with Crippen LogP contribution >= 0.6 is 0 Å². The summed E-state index contributed by atoms with van der Waals surface area (Å²) in [6, 6.07) is 87.2. The van der Waals surface area contributed by atoms with Crippen molar-refractivity contribution in [2.75, 3.05) is 9.80 Å². The van der Waals surface area contributed by atoms with Crippen molar-refractivity contribution in [3.8, 4) is 22.3 Å². The number of furan rings is 1. The van der Waals surface area contributed by atoms with Gasteiger partial charge in [0.25, 0.3) is 0 Å². The summed E-state index contributed by atoms with van der Waals surface area (Å²) in [7, 11) is 0. The van der Waals surface area contributed by atoms with Crippen LogP contribution in [0.5, 0.6) is 0 Å². The second-order valence-corrected chi connectivity index (χ2v) is 16.1. The van der Waals surface area contributed by atoms with Gasteiger partial charge in [-0.25, -0.2) is 0 Å². The van der Waals surface area contributed by atoms with E-state index in [0.29, 0.717) is 0 Å². The minimum Gasteiger partial charge on any atom is -0.456 e. The Bertz CT molecular complexity index is 3630. The second kappa shape index (κ2) is 15.3. The molecule has 0 spiro atoms. The zero-order chi connectivity index (χ0) is 41.7. The van der Waals surface area contributed by atoms with Crippen LogP contribution in [0.25, 0.3) is 76.5 Å². The number of nitrogens with zero attached hydrogens (tertiary/aromatic N) is 2. The molecule has 296 valence electrons. The van der Waals surface area contributed by atoms with Gasteiger partial charge < -0.3 is 14.2 Å². The number of fused-ring (bicyclic) bond motifs is 7. The molecular weight excluding hydrogens is 765 g/mol. The van der Waals surface area contributed by atoms with E-state index in [-0.39, 0.29) is 0 Å². The van der Waals surface area contributed by atoms with Gasteiger partial charge in [-0.2, -0.15) is 0 Å². The minimum absolute atomic E-state index is 0.809. The monoisotopic (exact) mass is 804 g/mol. The molecule has 0 N–H and O–H groups in total. The molecule has 1 heterocycles. The summed E-state index contributed by atoms with van der Waals surface area (Å²) in [6.07, 6.45) is 0. The molecule has 0 atom stereocenters. The molecule has 3 nitrogen and oxygen atoms in total. The lowest BCUT2D eigenvalue weighted by molar-refractivity contribution is 0.669. The molecule has 0 saturated carbocycles. The highest BCUT2D eigenvalue weighted by Gasteiger charge is 2.26. The Kier molecular flexibility index (Phi) is 8.83. The lowest BCUT2D eigenvalue weighted by atomic mass is 9.96. The van der Waals surface area contributed by atoms with Crippen molar-refractivity contribution in [2.24, 2.45) is 0 Å². The number of anilines is 6. The van der Waals surface area contributed by atoms with Gasteiger partial charge in [-0.15, -0.1) is 0 Å². The summed E-state index contributed by atoms with van der Waals surface area (Å²) in [5, 5.41) is 9.22. The van der Waals surface area contributed by atoms with Gasteiger partial charge in [0, 0.05) is 34.2 Å². The van der Waals surface area contributed by atoms with Gasteiger partial charge >= 0.3 is 0 Å². The van der Waals surface area contributed by atoms with E-state index in [9.17, 15) is 0 Å². The Labute approximate surface area is 365 Å². The largest absolute Gasteiger partial charge is 0.456 e. The van der Waals surface area contributed by atoms with Crippen LogP contribution < -0.4 is 9.80 Å². The molecule has 0 unspecified atom stereocenters. The molecule has 0 fully saturated rings. The minimum atomic E-state index is 0.809. The highest BCUT2D eigenvalue weighted by molar-refractivity contribution is 6.24. The SMILES string of the molecule is c1ccc(-c2cccc(N(c3ccc4ccccc4c3)c3cc(N(c4ccccc4)c4cc(-c5ccccc5)c5ccccc5c4)c4c(c3)oc3ccc5ccccc5c34)c2)cc1. The zero-order valence-electron chi connectivity index (χ0n) is 34.4. The van der Waals surface area contributed by atoms with Crippen LogP contribution in [-0.4, -0.2) is 0 Å². The van der Waals surface area contributed by atoms with Crippen molar-refractivity contribution in [2.45, 2.75) is 0 Å². The highest BCUT2D eigenvalue weighted by Crippen LogP contribution is 2.50. The summed E-state index contributed by atoms with van der Waals surface area (Å²) in [4.78, 5) is 4.81. The van der Waals surface area contributed by atoms with Gasteiger partial charge in [0.2, 0.25) is 0 Å². The van der Waals surface area contributed by atoms with Crippen molar-refractivity contribution in [3.05, 3.63) is 243 Å². The van der Waals surface area contributed by atoms with Crippen molar-refractivity contribution >= 4 is 88.4 Å². The third kappa shape index (κ3) is 6.46. The van der Waals surface area contributed by atoms with E-state index in [1.807, 2.05) is 0 Å². The molecule has 12 rings (SSSR count). The average Bonchev–Trinajstić information content (AvgIpc) is 3.74. The second-order valence-electron chi connectivity index (χ2n) is 16.1. The van der Waals surface area contributed by atoms with E-state index in [2.05, 4.69) is 252 Å². The van der Waals surface area contributed by atoms with Gasteiger partial charge in [0.1, 0.15) is 11.2 Å². The fourth-order valence-corrected chi connectivity index (χ4v) is 9.44. The quantitative estimate of drug-likeness (QED) is 0.153. The molecule has 0 amide bonds. The summed E-state index contributed by atoms with van der Waals surface area (Å²) in [5.41, 5.74) is 12.5. The predicted octanol–water partition coefficient (Wildman–Crippen LogP) is 17.3. The molecule has 0 radical (unpaired) electrons. The van der Waals surface area contributed by atoms with Crippen molar-refractivity contribution < 1.29 is 4.42 Å². The average molecular weight is 805 g/mol. The van der Waals surface area contributed by atoms with Crippen molar-refractivity contribution in [1.82, 2.24) is 0 Å². The lowest BCUT2D eigenvalue weighted by Gasteiger charge is -2.31. The molecule has 0 aliphatic carbocycles. The molecule has 3 heteroatoms. The Balaban J connectivity index is 1.19. The fourth-order valence-electron chi connectivity index (χ4n) is 9.44. The number of para-hydroxylation sites is 1. The first-order chi connectivity index (χ1) is 31.2. The number of hydrogen-bond acceptors (Lipinski definition) is 3. The summed E-state index contributed by atoms with van der Waals surface area (Å²) in [6.45, 7) is 0. The van der Waals surface area contributed by atoms with Gasteiger partial charge in [0.05, 0.1) is 16.8 Å². The van der Waals surface area contributed by atoms with Crippen LogP contribution in [0.3, 0.4) is 0 Å². The predicted molar refractivity (Wildman–Crippen MR) is 266 cm³/mol. The molecule has 0 aliphatic heterocycles. The van der Waals surface area contributed by atoms with Crippen LogP contribution in [0.1, 0.15) is 0 Å². The van der Waals surface area contributed by atoms with Gasteiger partial charge in [-0.05, 0) is 115 Å². The van der Waals surface area contributed by atoms with Gasteiger partial charge in [0.15, 0.2) is 0 Å². The summed E-state index contributed by atoms with van der Waals surface area (Å²) < 4.78 is 7.06. The molecule has 11 aromatic carbocycles. The van der Waals surface area contributed by atoms with E-state index in [4.69, 9.17) is 4.42 Å². The van der Waals surface area contributed by atoms with Gasteiger partial charge in [-0.1, -0.05) is 176 Å². The van der Waals surface area contributed by atoms with Crippen LogP contribution in [-0.2, 0) is 0 Å². The standard InChI is InChI=1S/C60H40N2O/c1-4-17-41(18-5-1)46-25-16-28-49(35-46)61(50-33-31-42-19-10-11-23-45(42)36-50)52-39-56(60-58(40-52)63-57-34-32-44-22-12-15-30-54(44)59(57)60)62(48-26-8-3-9-27-48)51-37-47-24-13-14-29-53(47)55(38-51)43-20-6-2-7-21-43/h1-40H. The molecule has 1 aromatic heterocycles. The van der Waals surface area contributed by atoms with E-state index >= 15 is 0 Å². The van der Waals surface area contributed by atoms with E-state index < -0.39 is 0 Å². The van der Waals surface area contributed by atoms with E-state index in [1.165, 1.54) is 43.6 Å². The number of benzene rings is 11. The first kappa shape index (κ1) is 36.5. The van der Waals surface area contributed by atoms with Crippen molar-refractivity contribution in [1.29, 1.82) is 0 Å². The summed E-state index contributed by atoms with van der Waals surface area (Å²) in [5.74, 6) is 0. The molecule has 0 saturated heterocycles. The summed E-state index contributed by atoms with van der Waals surface area (Å²) >= 11 is 0. The first-order valence-electron chi connectivity index (χ1n) is 21.5. The molecule has 12 aromatic rings. The maximum absolute atomic E-state index is 7.06. The van der Waals surface area contributed by atoms with Gasteiger partial charge in [-0.3, -0.25) is 0 Å². The van der Waals surface area contributed by atoms with E-state index in [0.717, 1.165) is 67.0 Å². The molecule has 63 heavy (non-hydrogen) atoms. The van der Waals surface area contributed by atoms with Crippen LogP contribution in [0.15, 0.2) is 247 Å². The number of rotatable bonds is 8. The lowest BCUT2D eigenvalue weighted by Crippen LogP contribution is -2.14. The smallest absolute Gasteiger partial charge is 0.139 e. The van der Waals surface area contributed by atoms with Crippen LogP contribution in [0.4, 0.5) is 34.1 Å². The highest BCUT2D eigenvalue weighted by atomic mass is 16.3. The third-order valence-electron chi connectivity index (χ3n) is 12.3. The van der Waals surface area contributed by atoms with Crippen molar-refractivity contribution in [3.63, 3.8) is 0 Å². The molecule has 0 aliphatic rings. The molecular formula is C60H40N2O. The van der Waals surface area contributed by atoms with Crippen LogP contribution in [0.2, 0.25) is 0 Å². The first-order valence-corrected chi connectivity index (χ1v) is 21.5. The maximum atomic E-state index is 7.06. The Morgan fingerprint density at radius 1 is 0.270 bits per heavy atom. The normalized spacial score (nSPS) is 11.5. The Hall–Kier alpha value is -8.40. The number of hydrogen-bond donors (Lipinski definition) is 0. The third-order valence-corrected chi connectivity index (χ3v) is 12.3. The fraction of sp³-hybridized carbons (Fsp3) is 0. The van der Waals surface area contributed by atoms with E-state index in [1.54, 1.807) is 0 Å². The maximum Gasteiger partial charge on any atom is 0.139 e. The Morgan fingerprint density at radius 2 is 0.841 bits per heavy atom. The molecule has 0 bridgehead atoms.